The van der Waals surface area contributed by atoms with Crippen LogP contribution in [0.5, 0.6) is 0 Å². The molecule has 1 saturated heterocycles. The van der Waals surface area contributed by atoms with Crippen molar-refractivity contribution < 1.29 is 14.9 Å². The Labute approximate surface area is 131 Å². The summed E-state index contributed by atoms with van der Waals surface area (Å²) in [4.78, 5) is 26.5. The summed E-state index contributed by atoms with van der Waals surface area (Å²) in [6.45, 7) is 1.54. The summed E-state index contributed by atoms with van der Waals surface area (Å²) in [5.41, 5.74) is 0.901. The predicted octanol–water partition coefficient (Wildman–Crippen LogP) is 0.153. The molecule has 1 aromatic carbocycles. The van der Waals surface area contributed by atoms with E-state index in [4.69, 9.17) is 9.84 Å². The Morgan fingerprint density at radius 2 is 2.04 bits per heavy atom. The van der Waals surface area contributed by atoms with Gasteiger partial charge in [0.25, 0.3) is 5.56 Å². The van der Waals surface area contributed by atoms with Crippen LogP contribution in [-0.2, 0) is 4.74 Å². The smallest absolute Gasteiger partial charge is 0.330 e. The monoisotopic (exact) mass is 318 g/mol. The zero-order chi connectivity index (χ0) is 16.6. The largest absolute Gasteiger partial charge is 0.394 e. The van der Waals surface area contributed by atoms with Crippen LogP contribution in [0.1, 0.15) is 18.2 Å². The van der Waals surface area contributed by atoms with Crippen molar-refractivity contribution in [1.82, 2.24) is 9.55 Å². The van der Waals surface area contributed by atoms with Crippen LogP contribution in [0.3, 0.4) is 0 Å². The van der Waals surface area contributed by atoms with E-state index < -0.39 is 29.7 Å². The molecule has 0 amide bonds. The fourth-order valence-corrected chi connectivity index (χ4v) is 2.82. The third kappa shape index (κ3) is 2.86. The van der Waals surface area contributed by atoms with Crippen LogP contribution in [0.2, 0.25) is 0 Å². The number of aliphatic hydroxyl groups excluding tert-OH is 2. The molecule has 0 unspecified atom stereocenters. The zero-order valence-electron chi connectivity index (χ0n) is 12.6. The molecule has 0 spiro atoms. The lowest BCUT2D eigenvalue weighted by atomic mass is 10.0. The van der Waals surface area contributed by atoms with Gasteiger partial charge in [0.15, 0.2) is 0 Å². The van der Waals surface area contributed by atoms with Gasteiger partial charge in [-0.2, -0.15) is 0 Å². The first-order valence-corrected chi connectivity index (χ1v) is 7.37. The molecule has 3 N–H and O–H groups in total. The van der Waals surface area contributed by atoms with Gasteiger partial charge in [-0.3, -0.25) is 14.3 Å². The van der Waals surface area contributed by atoms with Crippen molar-refractivity contribution in [3.8, 4) is 11.1 Å². The Kier molecular flexibility index (Phi) is 4.16. The molecule has 7 nitrogen and oxygen atoms in total. The molecular formula is C16H18N2O5. The first-order chi connectivity index (χ1) is 11.0. The van der Waals surface area contributed by atoms with Crippen molar-refractivity contribution in [2.45, 2.75) is 31.8 Å². The van der Waals surface area contributed by atoms with E-state index in [2.05, 4.69) is 4.98 Å². The number of benzene rings is 1. The molecule has 0 bridgehead atoms. The Bertz CT molecular complexity index is 826. The number of nitrogens with zero attached hydrogens (tertiary/aromatic N) is 1. The van der Waals surface area contributed by atoms with Crippen molar-refractivity contribution in [3.05, 3.63) is 56.9 Å². The quantitative estimate of drug-likeness (QED) is 0.747. The number of nitrogens with one attached hydrogen (secondary N) is 1. The highest BCUT2D eigenvalue weighted by Crippen LogP contribution is 2.28. The minimum absolute atomic E-state index is 0.171. The lowest BCUT2D eigenvalue weighted by molar-refractivity contribution is -0.0458. The second-order valence-corrected chi connectivity index (χ2v) is 5.64. The molecule has 7 heteroatoms. The Morgan fingerprint density at radius 1 is 1.30 bits per heavy atom. The fraction of sp³-hybridized carbons (Fsp3) is 0.375. The van der Waals surface area contributed by atoms with Gasteiger partial charge < -0.3 is 14.9 Å². The number of aromatic nitrogens is 2. The molecule has 3 atom stereocenters. The topological polar surface area (TPSA) is 105 Å². The summed E-state index contributed by atoms with van der Waals surface area (Å²) in [7, 11) is 0. The van der Waals surface area contributed by atoms with E-state index in [1.807, 2.05) is 25.1 Å². The highest BCUT2D eigenvalue weighted by Gasteiger charge is 2.35. The number of aryl methyl sites for hydroxylation is 1. The number of ether oxygens (including phenoxy) is 1. The molecule has 122 valence electrons. The van der Waals surface area contributed by atoms with Gasteiger partial charge in [0.05, 0.1) is 18.3 Å². The minimum atomic E-state index is -0.856. The van der Waals surface area contributed by atoms with E-state index in [9.17, 15) is 14.7 Å². The van der Waals surface area contributed by atoms with Gasteiger partial charge >= 0.3 is 5.69 Å². The predicted molar refractivity (Wildman–Crippen MR) is 83.1 cm³/mol. The lowest BCUT2D eigenvalue weighted by Crippen LogP contribution is -2.33. The lowest BCUT2D eigenvalue weighted by Gasteiger charge is -2.15. The molecule has 1 aliphatic heterocycles. The number of hydrogen-bond acceptors (Lipinski definition) is 5. The number of aromatic amines is 1. The second-order valence-electron chi connectivity index (χ2n) is 5.64. The molecule has 1 aromatic heterocycles. The van der Waals surface area contributed by atoms with Crippen LogP contribution in [0.4, 0.5) is 0 Å². The Balaban J connectivity index is 2.07. The fourth-order valence-electron chi connectivity index (χ4n) is 2.82. The molecule has 0 saturated carbocycles. The van der Waals surface area contributed by atoms with Gasteiger partial charge in [-0.1, -0.05) is 24.3 Å². The van der Waals surface area contributed by atoms with E-state index >= 15 is 0 Å². The van der Waals surface area contributed by atoms with E-state index in [0.717, 1.165) is 11.1 Å². The van der Waals surface area contributed by atoms with Crippen molar-refractivity contribution in [1.29, 1.82) is 0 Å². The second kappa shape index (κ2) is 6.11. The highest BCUT2D eigenvalue weighted by molar-refractivity contribution is 5.65. The van der Waals surface area contributed by atoms with Crippen LogP contribution in [0.25, 0.3) is 11.1 Å². The van der Waals surface area contributed by atoms with E-state index in [1.54, 1.807) is 6.07 Å². The number of hydrogen-bond donors (Lipinski definition) is 3. The molecule has 2 aromatic rings. The van der Waals surface area contributed by atoms with E-state index in [1.165, 1.54) is 10.8 Å². The highest BCUT2D eigenvalue weighted by atomic mass is 16.5. The molecular weight excluding hydrogens is 300 g/mol. The normalized spacial score (nSPS) is 24.0. The molecule has 1 aliphatic rings. The van der Waals surface area contributed by atoms with Gasteiger partial charge in [0.2, 0.25) is 0 Å². The summed E-state index contributed by atoms with van der Waals surface area (Å²) < 4.78 is 6.74. The maximum atomic E-state index is 12.1. The van der Waals surface area contributed by atoms with Crippen LogP contribution in [0.15, 0.2) is 40.1 Å². The molecule has 1 fully saturated rings. The van der Waals surface area contributed by atoms with Gasteiger partial charge in [0.1, 0.15) is 12.3 Å². The van der Waals surface area contributed by atoms with Gasteiger partial charge in [0, 0.05) is 12.6 Å². The van der Waals surface area contributed by atoms with Crippen LogP contribution < -0.4 is 11.2 Å². The molecule has 23 heavy (non-hydrogen) atoms. The maximum Gasteiger partial charge on any atom is 0.330 e. The zero-order valence-corrected chi connectivity index (χ0v) is 12.6. The van der Waals surface area contributed by atoms with Crippen molar-refractivity contribution in [2.24, 2.45) is 0 Å². The van der Waals surface area contributed by atoms with Crippen LogP contribution >= 0.6 is 0 Å². The number of aliphatic hydroxyl groups is 2. The first kappa shape index (κ1) is 15.7. The summed E-state index contributed by atoms with van der Waals surface area (Å²) in [5, 5.41) is 19.0. The van der Waals surface area contributed by atoms with Crippen molar-refractivity contribution in [2.75, 3.05) is 6.61 Å². The summed E-state index contributed by atoms with van der Waals surface area (Å²) in [6, 6.07) is 7.36. The van der Waals surface area contributed by atoms with Gasteiger partial charge in [-0.05, 0) is 18.1 Å². The first-order valence-electron chi connectivity index (χ1n) is 7.37. The third-order valence-electron chi connectivity index (χ3n) is 4.10. The third-order valence-corrected chi connectivity index (χ3v) is 4.10. The minimum Gasteiger partial charge on any atom is -0.394 e. The van der Waals surface area contributed by atoms with Gasteiger partial charge in [-0.25, -0.2) is 4.79 Å². The summed E-state index contributed by atoms with van der Waals surface area (Å²) in [6.07, 6.45) is -0.703. The molecule has 0 radical (unpaired) electrons. The van der Waals surface area contributed by atoms with Crippen molar-refractivity contribution >= 4 is 0 Å². The van der Waals surface area contributed by atoms with Crippen molar-refractivity contribution in [3.63, 3.8) is 0 Å². The molecule has 0 aliphatic carbocycles. The Morgan fingerprint density at radius 3 is 2.70 bits per heavy atom. The molecule has 3 rings (SSSR count). The summed E-state index contributed by atoms with van der Waals surface area (Å²) >= 11 is 0. The summed E-state index contributed by atoms with van der Waals surface area (Å²) in [5.74, 6) is 0. The van der Waals surface area contributed by atoms with E-state index in [0.29, 0.717) is 5.56 Å². The number of H-pyrrole nitrogens is 1. The van der Waals surface area contributed by atoms with Crippen LogP contribution in [0, 0.1) is 6.92 Å². The Hall–Kier alpha value is -2.22. The average Bonchev–Trinajstić information content (AvgIpc) is 2.89. The van der Waals surface area contributed by atoms with Gasteiger partial charge in [-0.15, -0.1) is 0 Å². The molecule has 2 heterocycles. The standard InChI is InChI=1S/C16H18N2O5/c1-9-4-2-3-5-10(9)11-7-18(16(22)17-15(11)21)14-6-12(20)13(8-19)23-14/h2-5,7,12-14,19-20H,6,8H2,1H3,(H,17,21,22)/t12-,13+,14+/m0/s1. The van der Waals surface area contributed by atoms with E-state index in [-0.39, 0.29) is 13.0 Å². The number of rotatable bonds is 3. The van der Waals surface area contributed by atoms with Crippen LogP contribution in [-0.4, -0.2) is 38.6 Å². The SMILES string of the molecule is Cc1ccccc1-c1cn([C@H]2C[C@H](O)[C@@H](CO)O2)c(=O)[nH]c1=O. The average molecular weight is 318 g/mol. The maximum absolute atomic E-state index is 12.1.